The zero-order valence-electron chi connectivity index (χ0n) is 6.62. The van der Waals surface area contributed by atoms with Crippen LogP contribution in [0.5, 0.6) is 5.75 Å². The molecule has 0 saturated carbocycles. The minimum absolute atomic E-state index is 0.0320. The van der Waals surface area contributed by atoms with E-state index in [0.717, 1.165) is 0 Å². The molecule has 0 atom stereocenters. The van der Waals surface area contributed by atoms with E-state index in [2.05, 4.69) is 0 Å². The fourth-order valence-corrected chi connectivity index (χ4v) is 1.75. The Bertz CT molecular complexity index is 414. The number of hydrogen-bond donors (Lipinski definition) is 0. The largest absolute Gasteiger partial charge is 0.495 e. The van der Waals surface area contributed by atoms with Gasteiger partial charge in [-0.1, -0.05) is 11.6 Å². The fraction of sp³-hybridized carbons (Fsp3) is 0.143. The van der Waals surface area contributed by atoms with Crippen molar-refractivity contribution in [3.05, 3.63) is 23.2 Å². The molecule has 0 N–H and O–H groups in total. The van der Waals surface area contributed by atoms with Gasteiger partial charge in [-0.15, -0.1) is 0 Å². The summed E-state index contributed by atoms with van der Waals surface area (Å²) in [4.78, 5) is -0.0320. The van der Waals surface area contributed by atoms with Gasteiger partial charge in [0.1, 0.15) is 5.75 Å². The van der Waals surface area contributed by atoms with E-state index in [1.54, 1.807) is 0 Å². The van der Waals surface area contributed by atoms with Crippen LogP contribution in [0.15, 0.2) is 23.1 Å². The van der Waals surface area contributed by atoms with Gasteiger partial charge in [0.15, 0.2) is 0 Å². The number of rotatable bonds is 2. The Kier molecular flexibility index (Phi) is 3.05. The molecular formula is C7H6Cl2O3S. The van der Waals surface area contributed by atoms with Crippen LogP contribution >= 0.6 is 22.3 Å². The van der Waals surface area contributed by atoms with E-state index in [0.29, 0.717) is 5.02 Å². The molecule has 0 unspecified atom stereocenters. The van der Waals surface area contributed by atoms with Gasteiger partial charge in [0, 0.05) is 16.7 Å². The van der Waals surface area contributed by atoms with E-state index >= 15 is 0 Å². The molecule has 0 aromatic heterocycles. The second-order valence-electron chi connectivity index (χ2n) is 2.23. The molecule has 13 heavy (non-hydrogen) atoms. The highest BCUT2D eigenvalue weighted by Crippen LogP contribution is 2.28. The molecule has 0 aliphatic heterocycles. The fourth-order valence-electron chi connectivity index (χ4n) is 0.792. The molecule has 1 aromatic carbocycles. The summed E-state index contributed by atoms with van der Waals surface area (Å²) >= 11 is 5.68. The molecule has 0 saturated heterocycles. The molecule has 6 heteroatoms. The van der Waals surface area contributed by atoms with Crippen molar-refractivity contribution in [3.63, 3.8) is 0 Å². The SMILES string of the molecule is COc1cc(S(=O)(=O)Cl)ccc1Cl. The van der Waals surface area contributed by atoms with Gasteiger partial charge in [0.05, 0.1) is 17.0 Å². The molecule has 0 aliphatic rings. The molecule has 0 bridgehead atoms. The maximum absolute atomic E-state index is 10.9. The second-order valence-corrected chi connectivity index (χ2v) is 5.21. The lowest BCUT2D eigenvalue weighted by atomic mass is 10.3. The van der Waals surface area contributed by atoms with Crippen molar-refractivity contribution in [1.82, 2.24) is 0 Å². The third-order valence-electron chi connectivity index (χ3n) is 1.40. The lowest BCUT2D eigenvalue weighted by Gasteiger charge is -2.03. The van der Waals surface area contributed by atoms with Crippen LogP contribution in [0.2, 0.25) is 5.02 Å². The molecule has 0 spiro atoms. The summed E-state index contributed by atoms with van der Waals surface area (Å²) in [6.07, 6.45) is 0. The van der Waals surface area contributed by atoms with Crippen LogP contribution < -0.4 is 4.74 Å². The lowest BCUT2D eigenvalue weighted by molar-refractivity contribution is 0.413. The quantitative estimate of drug-likeness (QED) is 0.746. The minimum atomic E-state index is -3.72. The number of methoxy groups -OCH3 is 1. The average molecular weight is 241 g/mol. The lowest BCUT2D eigenvalue weighted by Crippen LogP contribution is -1.92. The van der Waals surface area contributed by atoms with Crippen molar-refractivity contribution in [1.29, 1.82) is 0 Å². The van der Waals surface area contributed by atoms with Crippen LogP contribution in [0.4, 0.5) is 0 Å². The summed E-state index contributed by atoms with van der Waals surface area (Å²) in [6, 6.07) is 3.99. The van der Waals surface area contributed by atoms with E-state index in [1.165, 1.54) is 25.3 Å². The normalized spacial score (nSPS) is 11.3. The van der Waals surface area contributed by atoms with Gasteiger partial charge in [0.2, 0.25) is 0 Å². The number of benzene rings is 1. The molecule has 1 rings (SSSR count). The number of ether oxygens (including phenoxy) is 1. The molecule has 0 heterocycles. The Balaban J connectivity index is 3.30. The summed E-state index contributed by atoms with van der Waals surface area (Å²) in [5.41, 5.74) is 0. The zero-order valence-corrected chi connectivity index (χ0v) is 8.95. The third-order valence-corrected chi connectivity index (χ3v) is 3.07. The monoisotopic (exact) mass is 240 g/mol. The standard InChI is InChI=1S/C7H6Cl2O3S/c1-12-7-4-5(13(9,10)11)2-3-6(7)8/h2-4H,1H3. The maximum Gasteiger partial charge on any atom is 0.261 e. The van der Waals surface area contributed by atoms with E-state index in [9.17, 15) is 8.42 Å². The third kappa shape index (κ3) is 2.49. The first-order valence-electron chi connectivity index (χ1n) is 3.23. The van der Waals surface area contributed by atoms with Crippen molar-refractivity contribution in [2.75, 3.05) is 7.11 Å². The van der Waals surface area contributed by atoms with Gasteiger partial charge in [-0.2, -0.15) is 0 Å². The zero-order chi connectivity index (χ0) is 10.1. The Hall–Kier alpha value is -0.450. The van der Waals surface area contributed by atoms with Crippen LogP contribution in [0.25, 0.3) is 0 Å². The van der Waals surface area contributed by atoms with Crippen LogP contribution in [0.3, 0.4) is 0 Å². The van der Waals surface area contributed by atoms with E-state index in [1.807, 2.05) is 0 Å². The summed E-state index contributed by atoms with van der Waals surface area (Å²) in [5, 5.41) is 0.339. The highest BCUT2D eigenvalue weighted by Gasteiger charge is 2.12. The van der Waals surface area contributed by atoms with E-state index in [-0.39, 0.29) is 10.6 Å². The van der Waals surface area contributed by atoms with Crippen molar-refractivity contribution in [3.8, 4) is 5.75 Å². The molecule has 0 radical (unpaired) electrons. The maximum atomic E-state index is 10.9. The minimum Gasteiger partial charge on any atom is -0.495 e. The second kappa shape index (κ2) is 3.74. The number of hydrogen-bond acceptors (Lipinski definition) is 3. The topological polar surface area (TPSA) is 43.4 Å². The van der Waals surface area contributed by atoms with Gasteiger partial charge in [-0.25, -0.2) is 8.42 Å². The van der Waals surface area contributed by atoms with Crippen molar-refractivity contribution in [2.24, 2.45) is 0 Å². The predicted octanol–water partition coefficient (Wildman–Crippen LogP) is 2.28. The van der Waals surface area contributed by atoms with Gasteiger partial charge >= 0.3 is 0 Å². The molecular weight excluding hydrogens is 235 g/mol. The Morgan fingerprint density at radius 2 is 2.00 bits per heavy atom. The first kappa shape index (κ1) is 10.6. The van der Waals surface area contributed by atoms with Gasteiger partial charge < -0.3 is 4.74 Å². The van der Waals surface area contributed by atoms with Gasteiger partial charge in [-0.3, -0.25) is 0 Å². The molecule has 0 amide bonds. The summed E-state index contributed by atoms with van der Waals surface area (Å²) in [6.45, 7) is 0. The van der Waals surface area contributed by atoms with Gasteiger partial charge in [-0.05, 0) is 12.1 Å². The van der Waals surface area contributed by atoms with E-state index in [4.69, 9.17) is 27.0 Å². The molecule has 1 aromatic rings. The van der Waals surface area contributed by atoms with E-state index < -0.39 is 9.05 Å². The first-order chi connectivity index (χ1) is 5.95. The molecule has 0 aliphatic carbocycles. The van der Waals surface area contributed by atoms with Gasteiger partial charge in [0.25, 0.3) is 9.05 Å². The average Bonchev–Trinajstić information content (AvgIpc) is 2.03. The Morgan fingerprint density at radius 3 is 2.46 bits per heavy atom. The molecule has 72 valence electrons. The molecule has 3 nitrogen and oxygen atoms in total. The van der Waals surface area contributed by atoms with Crippen LogP contribution in [0, 0.1) is 0 Å². The van der Waals surface area contributed by atoms with Crippen LogP contribution in [0.1, 0.15) is 0 Å². The van der Waals surface area contributed by atoms with Crippen molar-refractivity contribution in [2.45, 2.75) is 4.90 Å². The summed E-state index contributed by atoms with van der Waals surface area (Å²) < 4.78 is 26.6. The number of halogens is 2. The highest BCUT2D eigenvalue weighted by molar-refractivity contribution is 8.13. The Morgan fingerprint density at radius 1 is 1.38 bits per heavy atom. The van der Waals surface area contributed by atoms with Crippen molar-refractivity contribution < 1.29 is 13.2 Å². The molecule has 0 fully saturated rings. The highest BCUT2D eigenvalue weighted by atomic mass is 35.7. The van der Waals surface area contributed by atoms with Crippen molar-refractivity contribution >= 4 is 31.3 Å². The summed E-state index contributed by atoms with van der Waals surface area (Å²) in [5.74, 6) is 0.281. The van der Waals surface area contributed by atoms with Crippen LogP contribution in [-0.4, -0.2) is 15.5 Å². The Labute approximate surface area is 85.6 Å². The summed E-state index contributed by atoms with van der Waals surface area (Å²) in [7, 11) is 2.79. The smallest absolute Gasteiger partial charge is 0.261 e. The first-order valence-corrected chi connectivity index (χ1v) is 5.92. The predicted molar refractivity (Wildman–Crippen MR) is 51.0 cm³/mol. The van der Waals surface area contributed by atoms with Crippen LogP contribution in [-0.2, 0) is 9.05 Å².